The molecule has 0 saturated heterocycles. The quantitative estimate of drug-likeness (QED) is 0.555. The van der Waals surface area contributed by atoms with Crippen LogP contribution in [0.15, 0.2) is 65.6 Å². The molecule has 1 N–H and O–H groups in total. The number of hydrogen-bond acceptors (Lipinski definition) is 4. The topological polar surface area (TPSA) is 75.7 Å². The van der Waals surface area contributed by atoms with E-state index in [0.29, 0.717) is 17.1 Å². The number of nitrogens with zero attached hydrogens (tertiary/aromatic N) is 1. The number of rotatable bonds is 6. The molecule has 3 aromatic rings. The smallest absolute Gasteiger partial charge is 0.264 e. The predicted octanol–water partition coefficient (Wildman–Crippen LogP) is 4.91. The van der Waals surface area contributed by atoms with Gasteiger partial charge in [-0.2, -0.15) is 0 Å². The summed E-state index contributed by atoms with van der Waals surface area (Å²) in [4.78, 5) is 12.9. The Morgan fingerprint density at radius 1 is 1.00 bits per heavy atom. The average Bonchev–Trinajstić information content (AvgIpc) is 3.26. The van der Waals surface area contributed by atoms with Crippen molar-refractivity contribution < 1.29 is 17.9 Å². The summed E-state index contributed by atoms with van der Waals surface area (Å²) in [5.74, 6) is 0.161. The number of benzene rings is 3. The van der Waals surface area contributed by atoms with Gasteiger partial charge < -0.3 is 10.1 Å². The summed E-state index contributed by atoms with van der Waals surface area (Å²) >= 11 is 6.25. The molecule has 0 atom stereocenters. The van der Waals surface area contributed by atoms with E-state index in [1.165, 1.54) is 36.4 Å². The molecule has 1 aliphatic carbocycles. The first-order valence-corrected chi connectivity index (χ1v) is 12.0. The lowest BCUT2D eigenvalue weighted by Gasteiger charge is -2.20. The van der Waals surface area contributed by atoms with Crippen LogP contribution < -0.4 is 14.4 Å². The molecule has 4 rings (SSSR count). The number of methoxy groups -OCH3 is 1. The van der Waals surface area contributed by atoms with Crippen molar-refractivity contribution in [3.05, 3.63) is 82.4 Å². The van der Waals surface area contributed by atoms with Crippen molar-refractivity contribution in [1.29, 1.82) is 0 Å². The van der Waals surface area contributed by atoms with Crippen LogP contribution in [0.25, 0.3) is 0 Å². The van der Waals surface area contributed by atoms with E-state index in [2.05, 4.69) is 5.32 Å². The first-order valence-electron chi connectivity index (χ1n) is 10.2. The minimum atomic E-state index is -3.91. The Morgan fingerprint density at radius 3 is 2.44 bits per heavy atom. The third-order valence-electron chi connectivity index (χ3n) is 5.63. The van der Waals surface area contributed by atoms with Gasteiger partial charge in [0.1, 0.15) is 5.75 Å². The van der Waals surface area contributed by atoms with E-state index in [-0.39, 0.29) is 15.5 Å². The monoisotopic (exact) mass is 470 g/mol. The van der Waals surface area contributed by atoms with Crippen LogP contribution in [-0.2, 0) is 22.9 Å². The van der Waals surface area contributed by atoms with Crippen molar-refractivity contribution in [2.75, 3.05) is 23.8 Å². The Kier molecular flexibility index (Phi) is 6.13. The third kappa shape index (κ3) is 4.31. The second-order valence-electron chi connectivity index (χ2n) is 7.60. The first kappa shape index (κ1) is 22.2. The Morgan fingerprint density at radius 2 is 1.72 bits per heavy atom. The van der Waals surface area contributed by atoms with Gasteiger partial charge in [0.15, 0.2) is 0 Å². The number of carbonyl (C=O) groups is 1. The van der Waals surface area contributed by atoms with Crippen molar-refractivity contribution >= 4 is 38.9 Å². The van der Waals surface area contributed by atoms with E-state index < -0.39 is 15.9 Å². The normalized spacial score (nSPS) is 12.8. The Bertz CT molecular complexity index is 1270. The Labute approximate surface area is 192 Å². The lowest BCUT2D eigenvalue weighted by Crippen LogP contribution is -2.27. The SMILES string of the molecule is COc1ccc(N(C)S(=O)(=O)c2ccc(Cl)c(C(=O)Nc3ccc4c(c3)CCC4)c2)cc1. The zero-order valence-electron chi connectivity index (χ0n) is 17.8. The second kappa shape index (κ2) is 8.84. The van der Waals surface area contributed by atoms with Crippen molar-refractivity contribution in [3.63, 3.8) is 0 Å². The van der Waals surface area contributed by atoms with Crippen molar-refractivity contribution in [1.82, 2.24) is 0 Å². The minimum absolute atomic E-state index is 0.0284. The van der Waals surface area contributed by atoms with Gasteiger partial charge in [-0.25, -0.2) is 8.42 Å². The lowest BCUT2D eigenvalue weighted by atomic mass is 10.1. The van der Waals surface area contributed by atoms with E-state index in [4.69, 9.17) is 16.3 Å². The number of halogens is 1. The van der Waals surface area contributed by atoms with Crippen LogP contribution in [0.3, 0.4) is 0 Å². The molecule has 0 heterocycles. The molecular formula is C24H23ClN2O4S. The van der Waals surface area contributed by atoms with Gasteiger partial charge in [0, 0.05) is 12.7 Å². The highest BCUT2D eigenvalue weighted by Crippen LogP contribution is 2.29. The Balaban J connectivity index is 1.60. The van der Waals surface area contributed by atoms with Gasteiger partial charge in [0.2, 0.25) is 0 Å². The molecule has 0 fully saturated rings. The average molecular weight is 471 g/mol. The van der Waals surface area contributed by atoms with E-state index in [9.17, 15) is 13.2 Å². The van der Waals surface area contributed by atoms with Crippen molar-refractivity contribution in [3.8, 4) is 5.75 Å². The number of anilines is 2. The molecule has 0 aromatic heterocycles. The van der Waals surface area contributed by atoms with Crippen LogP contribution in [-0.4, -0.2) is 28.5 Å². The zero-order valence-corrected chi connectivity index (χ0v) is 19.3. The first-order chi connectivity index (χ1) is 15.3. The molecule has 1 aliphatic rings. The Hall–Kier alpha value is -3.03. The number of aryl methyl sites for hydroxylation is 2. The van der Waals surface area contributed by atoms with Crippen molar-refractivity contribution in [2.45, 2.75) is 24.2 Å². The summed E-state index contributed by atoms with van der Waals surface area (Å²) in [7, 11) is -0.917. The number of fused-ring (bicyclic) bond motifs is 1. The zero-order chi connectivity index (χ0) is 22.9. The number of ether oxygens (including phenoxy) is 1. The van der Waals surface area contributed by atoms with Crippen LogP contribution in [0, 0.1) is 0 Å². The summed E-state index contributed by atoms with van der Waals surface area (Å²) in [5, 5.41) is 3.01. The summed E-state index contributed by atoms with van der Waals surface area (Å²) in [6.45, 7) is 0. The molecule has 6 nitrogen and oxygen atoms in total. The van der Waals surface area contributed by atoms with Crippen molar-refractivity contribution in [2.24, 2.45) is 0 Å². The fourth-order valence-electron chi connectivity index (χ4n) is 3.78. The largest absolute Gasteiger partial charge is 0.497 e. The summed E-state index contributed by atoms with van der Waals surface area (Å²) in [6, 6.07) is 16.6. The highest BCUT2D eigenvalue weighted by Gasteiger charge is 2.24. The number of nitrogens with one attached hydrogen (secondary N) is 1. The molecular weight excluding hydrogens is 448 g/mol. The highest BCUT2D eigenvalue weighted by molar-refractivity contribution is 7.92. The number of sulfonamides is 1. The molecule has 0 aliphatic heterocycles. The minimum Gasteiger partial charge on any atom is -0.497 e. The fraction of sp³-hybridized carbons (Fsp3) is 0.208. The van der Waals surface area contributed by atoms with Gasteiger partial charge >= 0.3 is 0 Å². The van der Waals surface area contributed by atoms with E-state index >= 15 is 0 Å². The number of amides is 1. The standard InChI is InChI=1S/C24H23ClN2O4S/c1-27(19-8-10-20(31-2)11-9-19)32(29,30)21-12-13-23(25)22(15-21)24(28)26-18-7-6-16-4-3-5-17(16)14-18/h6-15H,3-5H2,1-2H3,(H,26,28). The van der Waals surface area contributed by atoms with Crippen LogP contribution in [0.1, 0.15) is 27.9 Å². The number of carbonyl (C=O) groups excluding carboxylic acids is 1. The van der Waals surface area contributed by atoms with E-state index in [0.717, 1.165) is 23.6 Å². The second-order valence-corrected chi connectivity index (χ2v) is 9.98. The van der Waals surface area contributed by atoms with Gasteiger partial charge in [0.05, 0.1) is 28.3 Å². The van der Waals surface area contributed by atoms with Crippen LogP contribution in [0.2, 0.25) is 5.02 Å². The van der Waals surface area contributed by atoms with E-state index in [1.54, 1.807) is 31.4 Å². The predicted molar refractivity (Wildman–Crippen MR) is 126 cm³/mol. The van der Waals surface area contributed by atoms with Gasteiger partial charge in [-0.3, -0.25) is 9.10 Å². The molecule has 1 amide bonds. The van der Waals surface area contributed by atoms with Crippen LogP contribution >= 0.6 is 11.6 Å². The molecule has 0 unspecified atom stereocenters. The van der Waals surface area contributed by atoms with Gasteiger partial charge in [-0.05, 0) is 85.0 Å². The molecule has 0 spiro atoms. The number of hydrogen-bond donors (Lipinski definition) is 1. The van der Waals surface area contributed by atoms with Gasteiger partial charge in [-0.15, -0.1) is 0 Å². The maximum Gasteiger partial charge on any atom is 0.264 e. The van der Waals surface area contributed by atoms with Gasteiger partial charge in [0.25, 0.3) is 15.9 Å². The molecule has 32 heavy (non-hydrogen) atoms. The lowest BCUT2D eigenvalue weighted by molar-refractivity contribution is 0.102. The molecule has 8 heteroatoms. The molecule has 3 aromatic carbocycles. The fourth-order valence-corrected chi connectivity index (χ4v) is 5.20. The maximum atomic E-state index is 13.2. The van der Waals surface area contributed by atoms with E-state index in [1.807, 2.05) is 18.2 Å². The summed E-state index contributed by atoms with van der Waals surface area (Å²) < 4.78 is 32.6. The molecule has 0 radical (unpaired) electrons. The molecule has 0 saturated carbocycles. The summed E-state index contributed by atoms with van der Waals surface area (Å²) in [5.41, 5.74) is 3.75. The molecule has 166 valence electrons. The van der Waals surface area contributed by atoms with Crippen LogP contribution in [0.4, 0.5) is 11.4 Å². The maximum absolute atomic E-state index is 13.2. The molecule has 0 bridgehead atoms. The van der Waals surface area contributed by atoms with Crippen LogP contribution in [0.5, 0.6) is 5.75 Å². The van der Waals surface area contributed by atoms with Gasteiger partial charge in [-0.1, -0.05) is 17.7 Å². The third-order valence-corrected chi connectivity index (χ3v) is 7.74. The summed E-state index contributed by atoms with van der Waals surface area (Å²) in [6.07, 6.45) is 3.16. The highest BCUT2D eigenvalue weighted by atomic mass is 35.5.